The Hall–Kier alpha value is -2.50. The lowest BCUT2D eigenvalue weighted by Gasteiger charge is -2.15. The number of carbonyl (C=O) groups is 2. The van der Waals surface area contributed by atoms with Crippen molar-refractivity contribution in [1.29, 1.82) is 0 Å². The molecule has 26 heavy (non-hydrogen) atoms. The highest BCUT2D eigenvalue weighted by Gasteiger charge is 2.38. The molecule has 1 aliphatic heterocycles. The first-order valence-electron chi connectivity index (χ1n) is 8.14. The highest BCUT2D eigenvalue weighted by molar-refractivity contribution is 6.36. The van der Waals surface area contributed by atoms with Crippen LogP contribution in [0.25, 0.3) is 10.9 Å². The van der Waals surface area contributed by atoms with E-state index in [-0.39, 0.29) is 12.5 Å². The molecule has 1 fully saturated rings. The van der Waals surface area contributed by atoms with Gasteiger partial charge in [0.1, 0.15) is 6.04 Å². The van der Waals surface area contributed by atoms with Gasteiger partial charge in [-0.3, -0.25) is 9.69 Å². The number of para-hydroxylation sites is 1. The summed E-state index contributed by atoms with van der Waals surface area (Å²) < 4.78 is 0. The number of aromatic nitrogens is 1. The number of carbonyl (C=O) groups excluding carboxylic acids is 2. The summed E-state index contributed by atoms with van der Waals surface area (Å²) in [5.41, 5.74) is 2.54. The maximum Gasteiger partial charge on any atom is 0.325 e. The quantitative estimate of drug-likeness (QED) is 0.660. The number of nitrogens with zero attached hydrogens (tertiary/aromatic N) is 1. The van der Waals surface area contributed by atoms with Crippen LogP contribution in [0.5, 0.6) is 0 Å². The smallest absolute Gasteiger partial charge is 0.325 e. The van der Waals surface area contributed by atoms with Crippen LogP contribution >= 0.6 is 23.2 Å². The molecule has 1 saturated heterocycles. The van der Waals surface area contributed by atoms with E-state index in [4.69, 9.17) is 23.2 Å². The summed E-state index contributed by atoms with van der Waals surface area (Å²) in [6.07, 6.45) is 2.29. The molecule has 2 aromatic carbocycles. The molecule has 2 N–H and O–H groups in total. The van der Waals surface area contributed by atoms with Gasteiger partial charge in [-0.25, -0.2) is 4.79 Å². The third-order valence-corrected chi connectivity index (χ3v) is 5.29. The van der Waals surface area contributed by atoms with E-state index in [1.54, 1.807) is 18.2 Å². The van der Waals surface area contributed by atoms with E-state index in [1.165, 1.54) is 0 Å². The van der Waals surface area contributed by atoms with Crippen molar-refractivity contribution in [3.8, 4) is 0 Å². The molecule has 3 amide bonds. The van der Waals surface area contributed by atoms with E-state index < -0.39 is 12.1 Å². The number of rotatable bonds is 4. The number of benzene rings is 2. The number of fused-ring (bicyclic) bond motifs is 1. The number of amides is 3. The van der Waals surface area contributed by atoms with Gasteiger partial charge in [0.25, 0.3) is 5.91 Å². The molecule has 0 saturated carbocycles. The summed E-state index contributed by atoms with van der Waals surface area (Å²) >= 11 is 12.3. The number of urea groups is 1. The van der Waals surface area contributed by atoms with Gasteiger partial charge in [0.05, 0.1) is 6.54 Å². The van der Waals surface area contributed by atoms with E-state index in [0.29, 0.717) is 22.0 Å². The second-order valence-electron chi connectivity index (χ2n) is 6.19. The minimum Gasteiger partial charge on any atom is -0.361 e. The average molecular weight is 388 g/mol. The van der Waals surface area contributed by atoms with Crippen LogP contribution in [0.3, 0.4) is 0 Å². The molecule has 5 nitrogen and oxygen atoms in total. The fourth-order valence-electron chi connectivity index (χ4n) is 3.23. The predicted molar refractivity (Wildman–Crippen MR) is 101 cm³/mol. The van der Waals surface area contributed by atoms with Crippen molar-refractivity contribution < 1.29 is 9.59 Å². The van der Waals surface area contributed by atoms with Crippen LogP contribution in [-0.4, -0.2) is 27.9 Å². The summed E-state index contributed by atoms with van der Waals surface area (Å²) in [5.74, 6) is -0.281. The lowest BCUT2D eigenvalue weighted by atomic mass is 10.0. The summed E-state index contributed by atoms with van der Waals surface area (Å²) in [6, 6.07) is 11.9. The molecule has 0 spiro atoms. The molecule has 0 radical (unpaired) electrons. The Kier molecular flexibility index (Phi) is 4.34. The Bertz CT molecular complexity index is 995. The van der Waals surface area contributed by atoms with Crippen LogP contribution in [0.1, 0.15) is 11.1 Å². The molecular formula is C19H15Cl2N3O2. The Labute approximate surface area is 159 Å². The number of imide groups is 1. The maximum atomic E-state index is 12.8. The van der Waals surface area contributed by atoms with Gasteiger partial charge in [-0.1, -0.05) is 47.5 Å². The molecule has 132 valence electrons. The van der Waals surface area contributed by atoms with Crippen LogP contribution in [0.2, 0.25) is 10.0 Å². The van der Waals surface area contributed by atoms with E-state index in [0.717, 1.165) is 21.4 Å². The van der Waals surface area contributed by atoms with Crippen LogP contribution in [-0.2, 0) is 17.8 Å². The lowest BCUT2D eigenvalue weighted by Crippen LogP contribution is -2.32. The number of nitrogens with one attached hydrogen (secondary N) is 2. The first kappa shape index (κ1) is 16.9. The lowest BCUT2D eigenvalue weighted by molar-refractivity contribution is -0.127. The number of H-pyrrole nitrogens is 1. The average Bonchev–Trinajstić information content (AvgIpc) is 3.14. The molecule has 0 aliphatic carbocycles. The van der Waals surface area contributed by atoms with Gasteiger partial charge in [-0.05, 0) is 23.8 Å². The molecule has 4 rings (SSSR count). The second-order valence-corrected chi connectivity index (χ2v) is 7.00. The zero-order chi connectivity index (χ0) is 18.3. The van der Waals surface area contributed by atoms with Crippen molar-refractivity contribution in [2.75, 3.05) is 0 Å². The number of hydrogen-bond acceptors (Lipinski definition) is 2. The molecule has 0 bridgehead atoms. The summed E-state index contributed by atoms with van der Waals surface area (Å²) in [5, 5.41) is 4.65. The minimum atomic E-state index is -0.608. The van der Waals surface area contributed by atoms with Crippen molar-refractivity contribution >= 4 is 46.0 Å². The van der Waals surface area contributed by atoms with Gasteiger partial charge < -0.3 is 10.3 Å². The third kappa shape index (κ3) is 2.93. The van der Waals surface area contributed by atoms with Crippen LogP contribution in [0.4, 0.5) is 4.79 Å². The molecule has 1 aliphatic rings. The number of hydrogen-bond donors (Lipinski definition) is 2. The van der Waals surface area contributed by atoms with Crippen LogP contribution in [0.15, 0.2) is 48.7 Å². The van der Waals surface area contributed by atoms with Gasteiger partial charge in [0.2, 0.25) is 0 Å². The summed E-state index contributed by atoms with van der Waals surface area (Å²) in [4.78, 5) is 29.4. The Morgan fingerprint density at radius 1 is 1.00 bits per heavy atom. The molecule has 1 aromatic heterocycles. The molecule has 1 atom stereocenters. The molecule has 7 heteroatoms. The van der Waals surface area contributed by atoms with Crippen molar-refractivity contribution in [2.45, 2.75) is 19.0 Å². The third-order valence-electron chi connectivity index (χ3n) is 4.58. The highest BCUT2D eigenvalue weighted by Crippen LogP contribution is 2.27. The number of aromatic amines is 1. The Balaban J connectivity index is 1.56. The van der Waals surface area contributed by atoms with E-state index >= 15 is 0 Å². The van der Waals surface area contributed by atoms with Crippen molar-refractivity contribution in [3.63, 3.8) is 0 Å². The zero-order valence-corrected chi connectivity index (χ0v) is 15.1. The summed E-state index contributed by atoms with van der Waals surface area (Å²) in [7, 11) is 0. The maximum absolute atomic E-state index is 12.8. The monoisotopic (exact) mass is 387 g/mol. The van der Waals surface area contributed by atoms with Gasteiger partial charge in [-0.2, -0.15) is 0 Å². The number of halogens is 2. The Morgan fingerprint density at radius 3 is 2.50 bits per heavy atom. The first-order chi connectivity index (χ1) is 12.5. The highest BCUT2D eigenvalue weighted by atomic mass is 35.5. The fraction of sp³-hybridized carbons (Fsp3) is 0.158. The standard InChI is InChI=1S/C19H15Cl2N3O2/c20-14-5-3-6-15(21)13(14)10-24-18(25)17(23-19(24)26)8-11-9-22-16-7-2-1-4-12(11)16/h1-7,9,17,22H,8,10H2,(H,23,26). The largest absolute Gasteiger partial charge is 0.361 e. The van der Waals surface area contributed by atoms with E-state index in [2.05, 4.69) is 10.3 Å². The first-order valence-corrected chi connectivity index (χ1v) is 8.90. The van der Waals surface area contributed by atoms with E-state index in [1.807, 2.05) is 30.5 Å². The molecule has 2 heterocycles. The van der Waals surface area contributed by atoms with Gasteiger partial charge in [0, 0.05) is 39.1 Å². The van der Waals surface area contributed by atoms with Gasteiger partial charge in [0.15, 0.2) is 0 Å². The predicted octanol–water partition coefficient (Wildman–Crippen LogP) is 4.14. The second kappa shape index (κ2) is 6.67. The van der Waals surface area contributed by atoms with Gasteiger partial charge >= 0.3 is 6.03 Å². The fourth-order valence-corrected chi connectivity index (χ4v) is 3.74. The normalized spacial score (nSPS) is 17.2. The van der Waals surface area contributed by atoms with Crippen molar-refractivity contribution in [3.05, 3.63) is 69.8 Å². The topological polar surface area (TPSA) is 65.2 Å². The van der Waals surface area contributed by atoms with Gasteiger partial charge in [-0.15, -0.1) is 0 Å². The minimum absolute atomic E-state index is 0.0492. The Morgan fingerprint density at radius 2 is 1.73 bits per heavy atom. The van der Waals surface area contributed by atoms with Crippen LogP contribution in [0, 0.1) is 0 Å². The molecular weight excluding hydrogens is 373 g/mol. The van der Waals surface area contributed by atoms with Crippen molar-refractivity contribution in [1.82, 2.24) is 15.2 Å². The molecule has 3 aromatic rings. The van der Waals surface area contributed by atoms with E-state index in [9.17, 15) is 9.59 Å². The van der Waals surface area contributed by atoms with Crippen molar-refractivity contribution in [2.24, 2.45) is 0 Å². The zero-order valence-electron chi connectivity index (χ0n) is 13.6. The SMILES string of the molecule is O=C1NC(Cc2c[nH]c3ccccc23)C(=O)N1Cc1c(Cl)cccc1Cl. The molecule has 1 unspecified atom stereocenters. The summed E-state index contributed by atoms with van der Waals surface area (Å²) in [6.45, 7) is 0.0492. The van der Waals surface area contributed by atoms with Crippen LogP contribution < -0.4 is 5.32 Å².